The quantitative estimate of drug-likeness (QED) is 0.533. The Morgan fingerprint density at radius 2 is 1.76 bits per heavy atom. The van der Waals surface area contributed by atoms with Crippen LogP contribution in [0.2, 0.25) is 10.0 Å². The van der Waals surface area contributed by atoms with Crippen molar-refractivity contribution in [2.75, 3.05) is 0 Å². The van der Waals surface area contributed by atoms with Crippen molar-refractivity contribution < 1.29 is 4.74 Å². The molecule has 1 N–H and O–H groups in total. The molecule has 5 heteroatoms. The Labute approximate surface area is 168 Å². The second-order valence-corrected chi connectivity index (χ2v) is 8.19. The summed E-state index contributed by atoms with van der Waals surface area (Å²) in [4.78, 5) is 0. The van der Waals surface area contributed by atoms with Gasteiger partial charge in [0.2, 0.25) is 0 Å². The molecule has 0 bridgehead atoms. The summed E-state index contributed by atoms with van der Waals surface area (Å²) in [6, 6.07) is 12.2. The van der Waals surface area contributed by atoms with E-state index in [4.69, 9.17) is 27.9 Å². The molecular weight excluding hydrogens is 421 g/mol. The summed E-state index contributed by atoms with van der Waals surface area (Å²) >= 11 is 16.0. The first-order valence-electron chi connectivity index (χ1n) is 8.71. The number of rotatable bonds is 6. The SMILES string of the molecule is Clc1cccc(Cl)c1COc1ccc(Br)cc1CNC1CCCCC1. The molecule has 1 saturated carbocycles. The highest BCUT2D eigenvalue weighted by Gasteiger charge is 2.14. The van der Waals surface area contributed by atoms with Crippen LogP contribution in [0.3, 0.4) is 0 Å². The third kappa shape index (κ3) is 5.37. The average molecular weight is 443 g/mol. The molecule has 1 aliphatic rings. The van der Waals surface area contributed by atoms with Crippen LogP contribution < -0.4 is 10.1 Å². The third-order valence-corrected chi connectivity index (χ3v) is 5.84. The van der Waals surface area contributed by atoms with E-state index >= 15 is 0 Å². The number of hydrogen-bond acceptors (Lipinski definition) is 2. The molecule has 0 atom stereocenters. The molecule has 2 nitrogen and oxygen atoms in total. The number of ether oxygens (including phenoxy) is 1. The van der Waals surface area contributed by atoms with Gasteiger partial charge in [-0.1, -0.05) is 64.5 Å². The van der Waals surface area contributed by atoms with E-state index in [9.17, 15) is 0 Å². The summed E-state index contributed by atoms with van der Waals surface area (Å²) in [7, 11) is 0. The van der Waals surface area contributed by atoms with E-state index < -0.39 is 0 Å². The third-order valence-electron chi connectivity index (χ3n) is 4.64. The van der Waals surface area contributed by atoms with E-state index in [-0.39, 0.29) is 0 Å². The molecule has 0 aliphatic heterocycles. The lowest BCUT2D eigenvalue weighted by atomic mass is 9.95. The van der Waals surface area contributed by atoms with Crippen molar-refractivity contribution in [3.05, 3.63) is 62.0 Å². The molecular formula is C20H22BrCl2NO. The Morgan fingerprint density at radius 3 is 2.48 bits per heavy atom. The van der Waals surface area contributed by atoms with Gasteiger partial charge in [-0.3, -0.25) is 0 Å². The van der Waals surface area contributed by atoms with Crippen LogP contribution in [0, 0.1) is 0 Å². The molecule has 0 unspecified atom stereocenters. The van der Waals surface area contributed by atoms with Gasteiger partial charge in [0.05, 0.1) is 0 Å². The van der Waals surface area contributed by atoms with Gasteiger partial charge in [0, 0.05) is 38.2 Å². The molecule has 2 aromatic carbocycles. The van der Waals surface area contributed by atoms with Crippen molar-refractivity contribution >= 4 is 39.1 Å². The van der Waals surface area contributed by atoms with Crippen LogP contribution in [0.25, 0.3) is 0 Å². The van der Waals surface area contributed by atoms with Crippen LogP contribution >= 0.6 is 39.1 Å². The topological polar surface area (TPSA) is 21.3 Å². The van der Waals surface area contributed by atoms with Gasteiger partial charge in [0.25, 0.3) is 0 Å². The normalized spacial score (nSPS) is 15.3. The van der Waals surface area contributed by atoms with Crippen molar-refractivity contribution in [1.29, 1.82) is 0 Å². The van der Waals surface area contributed by atoms with Crippen LogP contribution in [0.15, 0.2) is 40.9 Å². The summed E-state index contributed by atoms with van der Waals surface area (Å²) < 4.78 is 7.10. The van der Waals surface area contributed by atoms with E-state index in [0.717, 1.165) is 27.9 Å². The summed E-state index contributed by atoms with van der Waals surface area (Å²) in [5.74, 6) is 0.863. The molecule has 0 heterocycles. The van der Waals surface area contributed by atoms with Crippen LogP contribution in [-0.2, 0) is 13.2 Å². The molecule has 1 aliphatic carbocycles. The Morgan fingerprint density at radius 1 is 1.04 bits per heavy atom. The molecule has 0 saturated heterocycles. The first kappa shape index (κ1) is 19.0. The van der Waals surface area contributed by atoms with Gasteiger partial charge in [-0.2, -0.15) is 0 Å². The Hall–Kier alpha value is -0.740. The summed E-state index contributed by atoms with van der Waals surface area (Å²) in [5, 5.41) is 4.94. The van der Waals surface area contributed by atoms with E-state index in [2.05, 4.69) is 27.3 Å². The van der Waals surface area contributed by atoms with Gasteiger partial charge in [-0.15, -0.1) is 0 Å². The Kier molecular flexibility index (Phi) is 7.06. The fourth-order valence-corrected chi connectivity index (χ4v) is 4.12. The van der Waals surface area contributed by atoms with Gasteiger partial charge in [0.1, 0.15) is 12.4 Å². The van der Waals surface area contributed by atoms with Crippen LogP contribution in [-0.4, -0.2) is 6.04 Å². The monoisotopic (exact) mass is 441 g/mol. The van der Waals surface area contributed by atoms with Gasteiger partial charge in [-0.05, 0) is 43.2 Å². The predicted octanol–water partition coefficient (Wildman–Crippen LogP) is 6.76. The number of halogens is 3. The van der Waals surface area contributed by atoms with Gasteiger partial charge in [-0.25, -0.2) is 0 Å². The fraction of sp³-hybridized carbons (Fsp3) is 0.400. The van der Waals surface area contributed by atoms with Crippen LogP contribution in [0.1, 0.15) is 43.2 Å². The van der Waals surface area contributed by atoms with Crippen molar-refractivity contribution in [2.24, 2.45) is 0 Å². The second kappa shape index (κ2) is 9.27. The predicted molar refractivity (Wildman–Crippen MR) is 109 cm³/mol. The second-order valence-electron chi connectivity index (χ2n) is 6.46. The van der Waals surface area contributed by atoms with Crippen LogP contribution in [0.5, 0.6) is 5.75 Å². The zero-order valence-corrected chi connectivity index (χ0v) is 17.1. The Balaban J connectivity index is 1.68. The number of nitrogens with one attached hydrogen (secondary N) is 1. The van der Waals surface area contributed by atoms with E-state index in [1.54, 1.807) is 0 Å². The van der Waals surface area contributed by atoms with Crippen molar-refractivity contribution in [3.63, 3.8) is 0 Å². The highest BCUT2D eigenvalue weighted by Crippen LogP contribution is 2.29. The summed E-state index contributed by atoms with van der Waals surface area (Å²) in [6.45, 7) is 1.16. The van der Waals surface area contributed by atoms with Crippen molar-refractivity contribution in [2.45, 2.75) is 51.3 Å². The average Bonchev–Trinajstić information content (AvgIpc) is 2.62. The van der Waals surface area contributed by atoms with Crippen molar-refractivity contribution in [1.82, 2.24) is 5.32 Å². The molecule has 1 fully saturated rings. The molecule has 0 aromatic heterocycles. The molecule has 3 rings (SSSR count). The van der Waals surface area contributed by atoms with E-state index in [1.165, 1.54) is 32.1 Å². The van der Waals surface area contributed by atoms with Gasteiger partial charge >= 0.3 is 0 Å². The lowest BCUT2D eigenvalue weighted by molar-refractivity contribution is 0.300. The first-order chi connectivity index (χ1) is 12.1. The largest absolute Gasteiger partial charge is 0.488 e. The molecule has 0 radical (unpaired) electrons. The lowest BCUT2D eigenvalue weighted by Gasteiger charge is -2.23. The van der Waals surface area contributed by atoms with E-state index in [1.807, 2.05) is 30.3 Å². The minimum Gasteiger partial charge on any atom is -0.488 e. The molecule has 134 valence electrons. The maximum absolute atomic E-state index is 6.24. The minimum atomic E-state index is 0.358. The summed E-state index contributed by atoms with van der Waals surface area (Å²) in [6.07, 6.45) is 6.54. The van der Waals surface area contributed by atoms with Gasteiger partial charge in [0.15, 0.2) is 0 Å². The molecule has 0 spiro atoms. The number of hydrogen-bond donors (Lipinski definition) is 1. The molecule has 25 heavy (non-hydrogen) atoms. The highest BCUT2D eigenvalue weighted by molar-refractivity contribution is 9.10. The summed E-state index contributed by atoms with van der Waals surface area (Å²) in [5.41, 5.74) is 1.96. The highest BCUT2D eigenvalue weighted by atomic mass is 79.9. The first-order valence-corrected chi connectivity index (χ1v) is 10.3. The number of benzene rings is 2. The van der Waals surface area contributed by atoms with Crippen molar-refractivity contribution in [3.8, 4) is 5.75 Å². The fourth-order valence-electron chi connectivity index (χ4n) is 3.21. The van der Waals surface area contributed by atoms with Gasteiger partial charge < -0.3 is 10.1 Å². The maximum Gasteiger partial charge on any atom is 0.124 e. The Bertz CT molecular complexity index is 697. The zero-order valence-electron chi connectivity index (χ0n) is 14.0. The molecule has 0 amide bonds. The zero-order chi connectivity index (χ0) is 17.6. The maximum atomic E-state index is 6.24. The lowest BCUT2D eigenvalue weighted by Crippen LogP contribution is -2.30. The van der Waals surface area contributed by atoms with E-state index in [0.29, 0.717) is 22.7 Å². The smallest absolute Gasteiger partial charge is 0.124 e. The standard InChI is InChI=1S/C20H22BrCl2NO/c21-15-9-10-20(25-13-17-18(22)7-4-8-19(17)23)14(11-15)12-24-16-5-2-1-3-6-16/h4,7-11,16,24H,1-3,5-6,12-13H2. The van der Waals surface area contributed by atoms with Crippen LogP contribution in [0.4, 0.5) is 0 Å². The molecule has 2 aromatic rings. The minimum absolute atomic E-state index is 0.358.